The van der Waals surface area contributed by atoms with E-state index >= 15 is 0 Å². The van der Waals surface area contributed by atoms with Gasteiger partial charge in [-0.15, -0.1) is 5.10 Å². The van der Waals surface area contributed by atoms with Crippen molar-refractivity contribution in [1.82, 2.24) is 15.2 Å². The fourth-order valence-electron chi connectivity index (χ4n) is 2.47. The van der Waals surface area contributed by atoms with Crippen LogP contribution in [0.1, 0.15) is 23.2 Å². The second kappa shape index (κ2) is 6.00. The maximum atomic E-state index is 11.5. The van der Waals surface area contributed by atoms with Gasteiger partial charge in [0.15, 0.2) is 0 Å². The van der Waals surface area contributed by atoms with Crippen LogP contribution in [-0.2, 0) is 6.42 Å². The number of aryl methyl sites for hydroxylation is 1. The van der Waals surface area contributed by atoms with Crippen LogP contribution in [0.4, 0.5) is 11.8 Å². The van der Waals surface area contributed by atoms with Crippen molar-refractivity contribution < 1.29 is 9.21 Å². The van der Waals surface area contributed by atoms with E-state index in [0.29, 0.717) is 36.4 Å². The Hall–Kier alpha value is -2.64. The van der Waals surface area contributed by atoms with E-state index in [-0.39, 0.29) is 0 Å². The number of anilines is 2. The van der Waals surface area contributed by atoms with Crippen molar-refractivity contribution in [2.24, 2.45) is 5.73 Å². The molecule has 8 nitrogen and oxygen atoms in total. The summed E-state index contributed by atoms with van der Waals surface area (Å²) >= 11 is 0. The number of aromatic nitrogens is 3. The van der Waals surface area contributed by atoms with Gasteiger partial charge >= 0.3 is 6.01 Å². The van der Waals surface area contributed by atoms with Gasteiger partial charge in [0, 0.05) is 38.8 Å². The standard InChI is InChI=1S/C14H18N6O2/c1-2-11-17-18-14(22-11)20-8-6-19(7-9-20)13-10(12(15)21)4-3-5-16-13/h3-5H,2,6-9H2,1H3,(H2,15,21). The van der Waals surface area contributed by atoms with Gasteiger partial charge in [-0.3, -0.25) is 4.79 Å². The SMILES string of the molecule is CCc1nnc(N2CCN(c3ncccc3C(N)=O)CC2)o1. The predicted molar refractivity (Wildman–Crippen MR) is 80.9 cm³/mol. The molecular weight excluding hydrogens is 284 g/mol. The summed E-state index contributed by atoms with van der Waals surface area (Å²) < 4.78 is 5.57. The van der Waals surface area contributed by atoms with Gasteiger partial charge in [0.2, 0.25) is 5.89 Å². The van der Waals surface area contributed by atoms with Crippen molar-refractivity contribution in [3.8, 4) is 0 Å². The van der Waals surface area contributed by atoms with Gasteiger partial charge in [0.25, 0.3) is 5.91 Å². The lowest BCUT2D eigenvalue weighted by atomic mass is 10.2. The molecule has 0 radical (unpaired) electrons. The summed E-state index contributed by atoms with van der Waals surface area (Å²) in [6, 6.07) is 3.96. The Morgan fingerprint density at radius 1 is 1.27 bits per heavy atom. The Balaban J connectivity index is 1.70. The van der Waals surface area contributed by atoms with Crippen LogP contribution in [0.3, 0.4) is 0 Å². The average Bonchev–Trinajstić information content (AvgIpc) is 3.04. The Kier molecular flexibility index (Phi) is 3.90. The molecule has 1 amide bonds. The quantitative estimate of drug-likeness (QED) is 0.875. The molecule has 0 unspecified atom stereocenters. The fourth-order valence-corrected chi connectivity index (χ4v) is 2.47. The molecule has 0 bridgehead atoms. The summed E-state index contributed by atoms with van der Waals surface area (Å²) in [4.78, 5) is 19.9. The molecule has 2 aromatic rings. The van der Waals surface area contributed by atoms with Crippen molar-refractivity contribution in [2.75, 3.05) is 36.0 Å². The first-order valence-electron chi connectivity index (χ1n) is 7.26. The predicted octanol–water partition coefficient (Wildman–Crippen LogP) is 0.453. The molecule has 0 saturated carbocycles. The van der Waals surface area contributed by atoms with Crippen molar-refractivity contribution in [1.29, 1.82) is 0 Å². The third kappa shape index (κ3) is 2.72. The minimum absolute atomic E-state index is 0.446. The first kappa shape index (κ1) is 14.3. The number of nitrogens with zero attached hydrogens (tertiary/aromatic N) is 5. The summed E-state index contributed by atoms with van der Waals surface area (Å²) in [6.45, 7) is 4.84. The lowest BCUT2D eigenvalue weighted by Crippen LogP contribution is -2.47. The van der Waals surface area contributed by atoms with Crippen LogP contribution < -0.4 is 15.5 Å². The van der Waals surface area contributed by atoms with Crippen LogP contribution in [0.25, 0.3) is 0 Å². The number of piperazine rings is 1. The molecule has 116 valence electrons. The summed E-state index contributed by atoms with van der Waals surface area (Å²) in [7, 11) is 0. The van der Waals surface area contributed by atoms with Crippen molar-refractivity contribution in [3.05, 3.63) is 29.8 Å². The molecule has 0 aromatic carbocycles. The van der Waals surface area contributed by atoms with Crippen molar-refractivity contribution >= 4 is 17.7 Å². The van der Waals surface area contributed by atoms with Gasteiger partial charge in [-0.25, -0.2) is 4.98 Å². The summed E-state index contributed by atoms with van der Waals surface area (Å²) in [5, 5.41) is 8.03. The third-order valence-corrected chi connectivity index (χ3v) is 3.66. The molecule has 3 rings (SSSR count). The van der Waals surface area contributed by atoms with Gasteiger partial charge in [-0.1, -0.05) is 12.0 Å². The molecule has 2 aromatic heterocycles. The molecule has 22 heavy (non-hydrogen) atoms. The van der Waals surface area contributed by atoms with E-state index in [1.54, 1.807) is 18.3 Å². The zero-order valence-corrected chi connectivity index (χ0v) is 12.4. The van der Waals surface area contributed by atoms with E-state index in [9.17, 15) is 4.79 Å². The van der Waals surface area contributed by atoms with E-state index in [0.717, 1.165) is 19.5 Å². The first-order chi connectivity index (χ1) is 10.7. The highest BCUT2D eigenvalue weighted by atomic mass is 16.4. The highest BCUT2D eigenvalue weighted by Gasteiger charge is 2.24. The van der Waals surface area contributed by atoms with E-state index < -0.39 is 5.91 Å². The van der Waals surface area contributed by atoms with Crippen LogP contribution in [-0.4, -0.2) is 47.3 Å². The van der Waals surface area contributed by atoms with E-state index in [2.05, 4.69) is 15.2 Å². The smallest absolute Gasteiger partial charge is 0.318 e. The minimum atomic E-state index is -0.463. The molecule has 3 heterocycles. The van der Waals surface area contributed by atoms with E-state index in [1.807, 2.05) is 16.7 Å². The topological polar surface area (TPSA) is 101 Å². The maximum Gasteiger partial charge on any atom is 0.318 e. The molecule has 0 spiro atoms. The second-order valence-corrected chi connectivity index (χ2v) is 5.04. The van der Waals surface area contributed by atoms with Gasteiger partial charge in [-0.05, 0) is 12.1 Å². The third-order valence-electron chi connectivity index (χ3n) is 3.66. The number of carbonyl (C=O) groups excluding carboxylic acids is 1. The van der Waals surface area contributed by atoms with Gasteiger partial charge < -0.3 is 20.0 Å². The summed E-state index contributed by atoms with van der Waals surface area (Å²) in [5.41, 5.74) is 5.85. The average molecular weight is 302 g/mol. The Labute approximate surface area is 127 Å². The monoisotopic (exact) mass is 302 g/mol. The Morgan fingerprint density at radius 3 is 2.64 bits per heavy atom. The van der Waals surface area contributed by atoms with Crippen molar-refractivity contribution in [2.45, 2.75) is 13.3 Å². The fraction of sp³-hybridized carbons (Fsp3) is 0.429. The number of rotatable bonds is 4. The molecule has 8 heteroatoms. The number of nitrogens with two attached hydrogens (primary N) is 1. The number of pyridine rings is 1. The lowest BCUT2D eigenvalue weighted by Gasteiger charge is -2.34. The Morgan fingerprint density at radius 2 is 2.00 bits per heavy atom. The largest absolute Gasteiger partial charge is 0.408 e. The molecule has 2 N–H and O–H groups in total. The molecule has 0 aliphatic carbocycles. The highest BCUT2D eigenvalue weighted by Crippen LogP contribution is 2.21. The van der Waals surface area contributed by atoms with Crippen LogP contribution in [0.15, 0.2) is 22.7 Å². The minimum Gasteiger partial charge on any atom is -0.408 e. The van der Waals surface area contributed by atoms with Gasteiger partial charge in [0.05, 0.1) is 5.56 Å². The van der Waals surface area contributed by atoms with Crippen LogP contribution in [0.2, 0.25) is 0 Å². The molecular formula is C14H18N6O2. The van der Waals surface area contributed by atoms with Crippen LogP contribution in [0.5, 0.6) is 0 Å². The van der Waals surface area contributed by atoms with E-state index in [1.165, 1.54) is 0 Å². The number of hydrogen-bond donors (Lipinski definition) is 1. The van der Waals surface area contributed by atoms with Crippen molar-refractivity contribution in [3.63, 3.8) is 0 Å². The molecule has 1 fully saturated rings. The molecule has 1 aliphatic heterocycles. The number of amides is 1. The summed E-state index contributed by atoms with van der Waals surface area (Å²) in [6.07, 6.45) is 2.39. The first-order valence-corrected chi connectivity index (χ1v) is 7.26. The number of carbonyl (C=O) groups is 1. The van der Waals surface area contributed by atoms with Gasteiger partial charge in [0.1, 0.15) is 5.82 Å². The molecule has 1 aliphatic rings. The number of primary amides is 1. The van der Waals surface area contributed by atoms with E-state index in [4.69, 9.17) is 10.2 Å². The second-order valence-electron chi connectivity index (χ2n) is 5.04. The lowest BCUT2D eigenvalue weighted by molar-refractivity contribution is 0.100. The number of hydrogen-bond acceptors (Lipinski definition) is 7. The maximum absolute atomic E-state index is 11.5. The van der Waals surface area contributed by atoms with Crippen LogP contribution in [0, 0.1) is 0 Å². The summed E-state index contributed by atoms with van der Waals surface area (Å²) in [5.74, 6) is 0.808. The normalized spacial score (nSPS) is 15.1. The zero-order chi connectivity index (χ0) is 15.5. The Bertz CT molecular complexity index is 663. The van der Waals surface area contributed by atoms with Crippen LogP contribution >= 0.6 is 0 Å². The molecule has 1 saturated heterocycles. The molecule has 0 atom stereocenters. The highest BCUT2D eigenvalue weighted by molar-refractivity contribution is 5.97. The van der Waals surface area contributed by atoms with Gasteiger partial charge in [-0.2, -0.15) is 0 Å². The zero-order valence-electron chi connectivity index (χ0n) is 12.4.